The van der Waals surface area contributed by atoms with Gasteiger partial charge in [0.15, 0.2) is 0 Å². The molecule has 4 aliphatic rings. The maximum Gasteiger partial charge on any atom is 2.00 e. The number of fused-ring (bicyclic) bond motifs is 40. The van der Waals surface area contributed by atoms with E-state index >= 15 is 0 Å². The molecule has 2 N–H and O–H groups in total. The van der Waals surface area contributed by atoms with E-state index in [2.05, 4.69) is 312 Å². The van der Waals surface area contributed by atoms with Crippen LogP contribution in [0.3, 0.4) is 0 Å². The molecule has 584 valence electrons. The minimum absolute atomic E-state index is 0. The Bertz CT molecular complexity index is 5930. The molecule has 0 spiro atoms. The van der Waals surface area contributed by atoms with Crippen molar-refractivity contribution in [3.05, 3.63) is 190 Å². The van der Waals surface area contributed by atoms with E-state index in [9.17, 15) is 0 Å². The zero-order valence-corrected chi connectivity index (χ0v) is 72.4. The van der Waals surface area contributed by atoms with E-state index in [0.717, 1.165) is 87.6 Å². The Balaban J connectivity index is 0.000000185. The van der Waals surface area contributed by atoms with Crippen LogP contribution >= 0.6 is 0 Å². The summed E-state index contributed by atoms with van der Waals surface area (Å²) in [6.45, 7) is 53.2. The van der Waals surface area contributed by atoms with Gasteiger partial charge >= 0.3 is 34.1 Å². The van der Waals surface area contributed by atoms with Crippen molar-refractivity contribution in [3.63, 3.8) is 0 Å². The molecule has 6 aromatic heterocycles. The second kappa shape index (κ2) is 27.9. The average molecular weight is 1600 g/mol. The van der Waals surface area contributed by atoms with Crippen molar-refractivity contribution in [2.75, 3.05) is 0 Å². The molecule has 0 amide bonds. The zero-order valence-electron chi connectivity index (χ0n) is 70.2. The predicted octanol–water partition coefficient (Wildman–Crippen LogP) is 21.8. The Hall–Kier alpha value is -10.5. The van der Waals surface area contributed by atoms with Crippen LogP contribution in [0.4, 0.5) is 0 Å². The molecule has 0 aliphatic carbocycles. The first-order chi connectivity index (χ1) is 52.4. The van der Waals surface area contributed by atoms with Crippen molar-refractivity contribution in [2.24, 2.45) is 0 Å². The maximum absolute atomic E-state index is 5.25. The summed E-state index contributed by atoms with van der Waals surface area (Å²) in [5, 5.41) is 7.28. The zero-order chi connectivity index (χ0) is 79.4. The molecule has 18 rings (SSSR count). The van der Waals surface area contributed by atoms with Gasteiger partial charge in [0, 0.05) is 89.7 Å². The first kappa shape index (κ1) is 81.1. The Morgan fingerprint density at radius 2 is 0.304 bits per heavy atom. The van der Waals surface area contributed by atoms with Crippen LogP contribution in [-0.2, 0) is 77.5 Å². The van der Waals surface area contributed by atoms with E-state index in [1.54, 1.807) is 0 Å². The van der Waals surface area contributed by atoms with Crippen molar-refractivity contribution in [1.82, 2.24) is 79.7 Å². The first-order valence-electron chi connectivity index (χ1n) is 39.1. The normalized spacial score (nSPS) is 13.0. The Morgan fingerprint density at radius 3 is 0.470 bits per heavy atom. The summed E-state index contributed by atoms with van der Waals surface area (Å²) in [4.78, 5) is 83.2. The van der Waals surface area contributed by atoms with E-state index in [1.165, 1.54) is 44.5 Å². The molecule has 8 aromatic carbocycles. The van der Waals surface area contributed by atoms with E-state index in [1.807, 2.05) is 0 Å². The number of hydrogen-bond donors (Lipinski definition) is 0. The van der Waals surface area contributed by atoms with Gasteiger partial charge < -0.3 is 65.3 Å². The molecule has 0 saturated carbocycles. The monoisotopic (exact) mass is 1600 g/mol. The van der Waals surface area contributed by atoms with Crippen molar-refractivity contribution >= 4 is 88.3 Å². The maximum atomic E-state index is 5.25. The van der Waals surface area contributed by atoms with E-state index in [4.69, 9.17) is 79.7 Å². The van der Waals surface area contributed by atoms with Gasteiger partial charge in [-0.2, -0.15) is 0 Å². The first-order valence-corrected chi connectivity index (χ1v) is 39.1. The summed E-state index contributed by atoms with van der Waals surface area (Å²) in [5.41, 5.74) is 20.6. The molecule has 19 heteroatoms. The number of nitrogens with zero attached hydrogens (tertiary/aromatic N) is 16. The molecule has 0 fully saturated rings. The smallest absolute Gasteiger partial charge is 0.412 e. The van der Waals surface area contributed by atoms with Gasteiger partial charge in [-0.05, 0) is 179 Å². The molecular weight excluding hydrogens is 1500 g/mol. The Labute approximate surface area is 693 Å². The predicted molar refractivity (Wildman–Crippen MR) is 461 cm³/mol. The van der Waals surface area contributed by atoms with Gasteiger partial charge in [0.1, 0.15) is 0 Å². The Morgan fingerprint density at radius 1 is 0.165 bits per heavy atom. The molecule has 0 atom stereocenters. The van der Waals surface area contributed by atoms with Gasteiger partial charge in [-0.25, -0.2) is 19.9 Å². The van der Waals surface area contributed by atoms with Crippen LogP contribution in [0.5, 0.6) is 0 Å². The van der Waals surface area contributed by atoms with Gasteiger partial charge in [-0.15, -0.1) is 0 Å². The summed E-state index contributed by atoms with van der Waals surface area (Å²) in [7, 11) is 0. The summed E-state index contributed by atoms with van der Waals surface area (Å²) >= 11 is 0. The minimum Gasteiger partial charge on any atom is -0.412 e. The molecular formula is C96H98Fe2N16O. The number of aromatic nitrogens is 16. The second-order valence-corrected chi connectivity index (χ2v) is 39.0. The van der Waals surface area contributed by atoms with Crippen LogP contribution in [0.1, 0.15) is 211 Å². The van der Waals surface area contributed by atoms with Crippen LogP contribution in [0, 0.1) is 0 Å². The van der Waals surface area contributed by atoms with Crippen LogP contribution in [0.15, 0.2) is 146 Å². The second-order valence-electron chi connectivity index (χ2n) is 39.0. The van der Waals surface area contributed by atoms with Gasteiger partial charge in [0.05, 0.1) is 46.6 Å². The number of rotatable bonds is 0. The number of benzene rings is 8. The summed E-state index contributed by atoms with van der Waals surface area (Å²) in [6, 6.07) is 51.9. The fourth-order valence-electron chi connectivity index (χ4n) is 15.1. The van der Waals surface area contributed by atoms with Crippen molar-refractivity contribution in [1.29, 1.82) is 0 Å². The third-order valence-electron chi connectivity index (χ3n) is 22.3. The summed E-state index contributed by atoms with van der Waals surface area (Å²) < 4.78 is 0. The fourth-order valence-corrected chi connectivity index (χ4v) is 15.1. The van der Waals surface area contributed by atoms with Crippen LogP contribution < -0.4 is 19.9 Å². The molecule has 0 saturated heterocycles. The van der Waals surface area contributed by atoms with Crippen LogP contribution in [0.25, 0.3) is 179 Å². The molecule has 10 heterocycles. The van der Waals surface area contributed by atoms with Gasteiger partial charge in [-0.1, -0.05) is 263 Å². The van der Waals surface area contributed by atoms with Crippen molar-refractivity contribution in [2.45, 2.75) is 209 Å². The number of hydrogen-bond acceptors (Lipinski definition) is 12. The largest absolute Gasteiger partial charge is 2.00 e. The van der Waals surface area contributed by atoms with Crippen molar-refractivity contribution in [3.8, 4) is 91.1 Å². The fraction of sp³-hybridized carbons (Fsp3) is 0.333. The molecule has 16 bridgehead atoms. The summed E-state index contributed by atoms with van der Waals surface area (Å²) in [5.74, 6) is 4.49. The standard InChI is InChI=1S/2C48H48N8.2Fe.H2O/c2*1-45(2,3)25-13-17-29-33(21-25)41-49-37(29)54-42-35-23-27(47(7,8)9)15-19-31(35)39(51-42)56-44-36-24-28(48(10,11)12)16-20-32(36)40(52-44)55-43-34-22-26(46(4,5)6)14-18-30(34)38(50-43)53-41;;;/h2*13-24H,1-12H3;;;1H2/q2*-2;2*+2;. The molecule has 17 nitrogen and oxygen atoms in total. The SMILES string of the molecule is CC(C)(C)c1ccc2c(c1)-c1nc-2nc2[n-]c(nc3nc(nc4[n-]c(n1)c1ccc(C(C)(C)C)cc41)-c1ccc(C(C)(C)C)cc1-3)c1ccc(C(C)(C)C)cc21.CC(C)(C)c1ccc2c(c1)-c1nc-2nc2[n-]c(nc3nc(nc4[n-]c(n1)c1ccc(C(C)(C)C)cc41)-c1ccc(C(C)(C)C)cc1-3)c1ccc(C(C)(C)C)cc21.O.[Fe+2].[Fe+2]. The molecule has 0 unspecified atom stereocenters. The Kier molecular flexibility index (Phi) is 19.6. The van der Waals surface area contributed by atoms with Gasteiger partial charge in [0.25, 0.3) is 0 Å². The van der Waals surface area contributed by atoms with E-state index in [0.29, 0.717) is 91.8 Å². The van der Waals surface area contributed by atoms with Crippen LogP contribution in [0.2, 0.25) is 0 Å². The van der Waals surface area contributed by atoms with Crippen molar-refractivity contribution < 1.29 is 39.6 Å². The van der Waals surface area contributed by atoms with Gasteiger partial charge in [0.2, 0.25) is 0 Å². The van der Waals surface area contributed by atoms with E-state index in [-0.39, 0.29) is 82.9 Å². The van der Waals surface area contributed by atoms with Gasteiger partial charge in [-0.3, -0.25) is 0 Å². The average Bonchev–Trinajstić information content (AvgIpc) is 1.59. The molecule has 14 aromatic rings. The van der Waals surface area contributed by atoms with E-state index < -0.39 is 0 Å². The minimum atomic E-state index is -0.0826. The molecule has 115 heavy (non-hydrogen) atoms. The molecule has 0 radical (unpaired) electrons. The summed E-state index contributed by atoms with van der Waals surface area (Å²) in [6.07, 6.45) is 0. The van der Waals surface area contributed by atoms with Crippen LogP contribution in [-0.4, -0.2) is 65.3 Å². The topological polar surface area (TPSA) is 243 Å². The third kappa shape index (κ3) is 14.7. The third-order valence-corrected chi connectivity index (χ3v) is 22.3. The quantitative estimate of drug-likeness (QED) is 0.128. The molecule has 4 aliphatic heterocycles.